The molecule has 0 spiro atoms. The Bertz CT molecular complexity index is 821. The summed E-state index contributed by atoms with van der Waals surface area (Å²) in [4.78, 5) is 20.8. The topological polar surface area (TPSA) is 121 Å². The van der Waals surface area contributed by atoms with E-state index < -0.39 is 0 Å². The summed E-state index contributed by atoms with van der Waals surface area (Å²) in [5.41, 5.74) is 1.12. The standard InChI is InChI=1S/C15H15N7O3/c1-2-18-12(7-16-1)14-21-15(25-22-14)11-6-17-9-20-13(11)19-5-10-8-23-3-4-24-10/h1-2,6-7,9-10H,3-5,8H2,(H,17,19,20). The van der Waals surface area contributed by atoms with Crippen LogP contribution in [0.15, 0.2) is 35.6 Å². The first-order valence-corrected chi connectivity index (χ1v) is 7.74. The van der Waals surface area contributed by atoms with Crippen molar-refractivity contribution in [3.05, 3.63) is 31.1 Å². The van der Waals surface area contributed by atoms with E-state index in [1.807, 2.05) is 0 Å². The van der Waals surface area contributed by atoms with Crippen LogP contribution in [-0.2, 0) is 9.47 Å². The summed E-state index contributed by atoms with van der Waals surface area (Å²) in [6.07, 6.45) is 7.74. The predicted molar refractivity (Wildman–Crippen MR) is 85.4 cm³/mol. The summed E-state index contributed by atoms with van der Waals surface area (Å²) in [6.45, 7) is 2.32. The van der Waals surface area contributed by atoms with Crippen molar-refractivity contribution in [3.8, 4) is 23.0 Å². The van der Waals surface area contributed by atoms with Gasteiger partial charge in [-0.15, -0.1) is 0 Å². The molecule has 10 heteroatoms. The van der Waals surface area contributed by atoms with E-state index in [0.717, 1.165) is 0 Å². The van der Waals surface area contributed by atoms with Crippen LogP contribution in [0.2, 0.25) is 0 Å². The third-order valence-electron chi connectivity index (χ3n) is 3.54. The fourth-order valence-electron chi connectivity index (χ4n) is 2.34. The molecule has 128 valence electrons. The van der Waals surface area contributed by atoms with E-state index in [1.54, 1.807) is 24.8 Å². The molecule has 0 radical (unpaired) electrons. The molecule has 25 heavy (non-hydrogen) atoms. The van der Waals surface area contributed by atoms with E-state index in [2.05, 4.69) is 35.4 Å². The molecule has 1 atom stereocenters. The van der Waals surface area contributed by atoms with Gasteiger partial charge in [-0.3, -0.25) is 4.98 Å². The van der Waals surface area contributed by atoms with Crippen LogP contribution in [0.25, 0.3) is 23.0 Å². The fraction of sp³-hybridized carbons (Fsp3) is 0.333. The number of aromatic nitrogens is 6. The van der Waals surface area contributed by atoms with Gasteiger partial charge < -0.3 is 19.3 Å². The van der Waals surface area contributed by atoms with Crippen LogP contribution in [0.1, 0.15) is 0 Å². The summed E-state index contributed by atoms with van der Waals surface area (Å²) in [6, 6.07) is 0. The Balaban J connectivity index is 1.53. The number of ether oxygens (including phenoxy) is 2. The van der Waals surface area contributed by atoms with Gasteiger partial charge in [0.25, 0.3) is 5.89 Å². The lowest BCUT2D eigenvalue weighted by molar-refractivity contribution is -0.0819. The number of hydrogen-bond acceptors (Lipinski definition) is 10. The number of rotatable bonds is 5. The monoisotopic (exact) mass is 341 g/mol. The van der Waals surface area contributed by atoms with Crippen molar-refractivity contribution in [1.29, 1.82) is 0 Å². The second-order valence-electron chi connectivity index (χ2n) is 5.25. The molecule has 0 amide bonds. The Morgan fingerprint density at radius 2 is 2.12 bits per heavy atom. The maximum Gasteiger partial charge on any atom is 0.263 e. The van der Waals surface area contributed by atoms with Crippen molar-refractivity contribution in [2.24, 2.45) is 0 Å². The molecule has 0 saturated carbocycles. The maximum atomic E-state index is 5.61. The SMILES string of the molecule is c1cnc(-c2noc(-c3cncnc3NCC3COCCO3)n2)cn1. The minimum atomic E-state index is -0.0330. The normalized spacial score (nSPS) is 17.4. The van der Waals surface area contributed by atoms with Gasteiger partial charge in [-0.05, 0) is 0 Å². The van der Waals surface area contributed by atoms with E-state index in [0.29, 0.717) is 55.2 Å². The Hall–Kier alpha value is -2.98. The zero-order chi connectivity index (χ0) is 16.9. The van der Waals surface area contributed by atoms with Gasteiger partial charge in [0.15, 0.2) is 0 Å². The van der Waals surface area contributed by atoms with Crippen LogP contribution in [0.3, 0.4) is 0 Å². The van der Waals surface area contributed by atoms with E-state index in [1.165, 1.54) is 6.33 Å². The Morgan fingerprint density at radius 3 is 2.96 bits per heavy atom. The number of hydrogen-bond donors (Lipinski definition) is 1. The largest absolute Gasteiger partial charge is 0.376 e. The van der Waals surface area contributed by atoms with Gasteiger partial charge in [0.2, 0.25) is 5.82 Å². The van der Waals surface area contributed by atoms with Crippen molar-refractivity contribution in [2.75, 3.05) is 31.7 Å². The van der Waals surface area contributed by atoms with Gasteiger partial charge in [0.05, 0.1) is 32.1 Å². The van der Waals surface area contributed by atoms with Crippen LogP contribution in [0.5, 0.6) is 0 Å². The Labute approximate surface area is 142 Å². The molecule has 0 bridgehead atoms. The second-order valence-corrected chi connectivity index (χ2v) is 5.25. The minimum Gasteiger partial charge on any atom is -0.376 e. The van der Waals surface area contributed by atoms with Crippen LogP contribution in [0, 0.1) is 0 Å². The van der Waals surface area contributed by atoms with Crippen LogP contribution in [0.4, 0.5) is 5.82 Å². The zero-order valence-corrected chi connectivity index (χ0v) is 13.2. The van der Waals surface area contributed by atoms with Gasteiger partial charge in [-0.1, -0.05) is 5.16 Å². The zero-order valence-electron chi connectivity index (χ0n) is 13.2. The second kappa shape index (κ2) is 7.28. The average molecular weight is 341 g/mol. The molecule has 4 rings (SSSR count). The molecular formula is C15H15N7O3. The molecule has 1 aliphatic heterocycles. The van der Waals surface area contributed by atoms with Gasteiger partial charge in [-0.25, -0.2) is 15.0 Å². The fourth-order valence-corrected chi connectivity index (χ4v) is 2.34. The van der Waals surface area contributed by atoms with Crippen LogP contribution >= 0.6 is 0 Å². The Kier molecular flexibility index (Phi) is 4.53. The van der Waals surface area contributed by atoms with E-state index in [4.69, 9.17) is 14.0 Å². The van der Waals surface area contributed by atoms with Gasteiger partial charge in [0, 0.05) is 25.1 Å². The molecule has 3 aromatic heterocycles. The molecule has 1 aliphatic rings. The predicted octanol–water partition coefficient (Wildman–Crippen LogP) is 0.811. The lowest BCUT2D eigenvalue weighted by Gasteiger charge is -2.23. The van der Waals surface area contributed by atoms with Crippen molar-refractivity contribution in [2.45, 2.75) is 6.10 Å². The molecule has 0 aromatic carbocycles. The summed E-state index contributed by atoms with van der Waals surface area (Å²) < 4.78 is 16.3. The first kappa shape index (κ1) is 15.5. The average Bonchev–Trinajstić information content (AvgIpc) is 3.18. The maximum absolute atomic E-state index is 5.61. The molecule has 4 heterocycles. The van der Waals surface area contributed by atoms with Crippen molar-refractivity contribution >= 4 is 5.82 Å². The first-order valence-electron chi connectivity index (χ1n) is 7.74. The summed E-state index contributed by atoms with van der Waals surface area (Å²) in [5.74, 6) is 1.23. The number of anilines is 1. The molecule has 3 aromatic rings. The molecule has 0 aliphatic carbocycles. The van der Waals surface area contributed by atoms with E-state index >= 15 is 0 Å². The summed E-state index contributed by atoms with van der Waals surface area (Å²) >= 11 is 0. The molecule has 1 fully saturated rings. The third-order valence-corrected chi connectivity index (χ3v) is 3.54. The lowest BCUT2D eigenvalue weighted by atomic mass is 10.3. The molecule has 1 unspecified atom stereocenters. The Morgan fingerprint density at radius 1 is 1.12 bits per heavy atom. The summed E-state index contributed by atoms with van der Waals surface area (Å²) in [7, 11) is 0. The first-order chi connectivity index (χ1) is 12.4. The highest BCUT2D eigenvalue weighted by molar-refractivity contribution is 5.68. The number of nitrogens with one attached hydrogen (secondary N) is 1. The quantitative estimate of drug-likeness (QED) is 0.713. The van der Waals surface area contributed by atoms with Crippen molar-refractivity contribution in [3.63, 3.8) is 0 Å². The van der Waals surface area contributed by atoms with Crippen LogP contribution < -0.4 is 5.32 Å². The highest BCUT2D eigenvalue weighted by Crippen LogP contribution is 2.25. The van der Waals surface area contributed by atoms with Gasteiger partial charge in [-0.2, -0.15) is 4.98 Å². The highest BCUT2D eigenvalue weighted by atomic mass is 16.6. The smallest absolute Gasteiger partial charge is 0.263 e. The van der Waals surface area contributed by atoms with E-state index in [-0.39, 0.29) is 6.10 Å². The molecule has 1 N–H and O–H groups in total. The number of nitrogens with zero attached hydrogens (tertiary/aromatic N) is 6. The molecule has 10 nitrogen and oxygen atoms in total. The van der Waals surface area contributed by atoms with Crippen molar-refractivity contribution in [1.82, 2.24) is 30.1 Å². The lowest BCUT2D eigenvalue weighted by Crippen LogP contribution is -2.34. The minimum absolute atomic E-state index is 0.0330. The molecule has 1 saturated heterocycles. The highest BCUT2D eigenvalue weighted by Gasteiger charge is 2.18. The summed E-state index contributed by atoms with van der Waals surface area (Å²) in [5, 5.41) is 7.16. The van der Waals surface area contributed by atoms with Crippen molar-refractivity contribution < 1.29 is 14.0 Å². The van der Waals surface area contributed by atoms with E-state index in [9.17, 15) is 0 Å². The molecular weight excluding hydrogens is 326 g/mol. The van der Waals surface area contributed by atoms with Gasteiger partial charge >= 0.3 is 0 Å². The van der Waals surface area contributed by atoms with Gasteiger partial charge in [0.1, 0.15) is 23.4 Å². The third kappa shape index (κ3) is 3.59. The van der Waals surface area contributed by atoms with Crippen LogP contribution in [-0.4, -0.2) is 62.5 Å².